The average molecular weight is 248 g/mol. The molecule has 0 saturated heterocycles. The standard InChI is InChI=1S/C13H20N4O/c1-5-12(18)15-7-8-17-9-16-10(3)13(11(17)4)14-6-2/h6,9H,4-5,7-8H2,1-3H3,(H,15,18)/b14-6-. The number of nitrogens with one attached hydrogen (secondary N) is 1. The summed E-state index contributed by atoms with van der Waals surface area (Å²) in [4.78, 5) is 21.6. The van der Waals surface area contributed by atoms with Gasteiger partial charge in [-0.15, -0.1) is 0 Å². The van der Waals surface area contributed by atoms with E-state index in [1.165, 1.54) is 0 Å². The maximum Gasteiger partial charge on any atom is 0.219 e. The van der Waals surface area contributed by atoms with Gasteiger partial charge in [-0.2, -0.15) is 0 Å². The van der Waals surface area contributed by atoms with Gasteiger partial charge in [0.05, 0.1) is 17.7 Å². The second-order valence-corrected chi connectivity index (χ2v) is 3.91. The lowest BCUT2D eigenvalue weighted by molar-refractivity contribution is -0.120. The molecule has 0 aromatic rings. The van der Waals surface area contributed by atoms with Crippen molar-refractivity contribution >= 4 is 18.5 Å². The Morgan fingerprint density at radius 3 is 3.00 bits per heavy atom. The number of aliphatic imine (C=N–C) groups is 2. The third-order valence-corrected chi connectivity index (χ3v) is 2.61. The van der Waals surface area contributed by atoms with Gasteiger partial charge in [0.2, 0.25) is 5.91 Å². The van der Waals surface area contributed by atoms with Crippen LogP contribution in [0.3, 0.4) is 0 Å². The minimum absolute atomic E-state index is 0.0492. The van der Waals surface area contributed by atoms with Crippen LogP contribution in [-0.4, -0.2) is 36.4 Å². The number of allylic oxidation sites excluding steroid dienone is 1. The molecule has 0 aromatic heterocycles. The van der Waals surface area contributed by atoms with Crippen molar-refractivity contribution in [3.8, 4) is 0 Å². The highest BCUT2D eigenvalue weighted by Gasteiger charge is 2.16. The molecule has 0 unspecified atom stereocenters. The summed E-state index contributed by atoms with van der Waals surface area (Å²) >= 11 is 0. The van der Waals surface area contributed by atoms with E-state index in [0.29, 0.717) is 19.5 Å². The van der Waals surface area contributed by atoms with Crippen molar-refractivity contribution in [2.75, 3.05) is 13.1 Å². The summed E-state index contributed by atoms with van der Waals surface area (Å²) in [5, 5.41) is 2.82. The number of rotatable bonds is 5. The fourth-order valence-corrected chi connectivity index (χ4v) is 1.56. The molecule has 0 aromatic carbocycles. The summed E-state index contributed by atoms with van der Waals surface area (Å²) in [7, 11) is 0. The molecule has 1 aliphatic heterocycles. The molecule has 18 heavy (non-hydrogen) atoms. The molecule has 0 saturated carbocycles. The van der Waals surface area contributed by atoms with Crippen LogP contribution in [0, 0.1) is 0 Å². The minimum atomic E-state index is 0.0492. The summed E-state index contributed by atoms with van der Waals surface area (Å²) in [6, 6.07) is 0. The van der Waals surface area contributed by atoms with Gasteiger partial charge in [0.25, 0.3) is 0 Å². The number of amides is 1. The zero-order valence-corrected chi connectivity index (χ0v) is 11.2. The van der Waals surface area contributed by atoms with Gasteiger partial charge in [0, 0.05) is 25.7 Å². The van der Waals surface area contributed by atoms with E-state index in [1.54, 1.807) is 12.6 Å². The highest BCUT2D eigenvalue weighted by molar-refractivity contribution is 5.75. The molecule has 1 aliphatic rings. The van der Waals surface area contributed by atoms with Crippen LogP contribution >= 0.6 is 0 Å². The summed E-state index contributed by atoms with van der Waals surface area (Å²) in [6.07, 6.45) is 3.95. The van der Waals surface area contributed by atoms with Crippen LogP contribution in [0.15, 0.2) is 33.7 Å². The van der Waals surface area contributed by atoms with E-state index in [2.05, 4.69) is 21.9 Å². The first-order chi connectivity index (χ1) is 8.60. The number of hydrogen-bond donors (Lipinski definition) is 1. The van der Waals surface area contributed by atoms with Crippen LogP contribution in [0.4, 0.5) is 0 Å². The lowest BCUT2D eigenvalue weighted by Crippen LogP contribution is -2.34. The van der Waals surface area contributed by atoms with Crippen molar-refractivity contribution < 1.29 is 4.79 Å². The zero-order valence-electron chi connectivity index (χ0n) is 11.2. The van der Waals surface area contributed by atoms with Crippen molar-refractivity contribution in [1.29, 1.82) is 0 Å². The van der Waals surface area contributed by atoms with E-state index in [9.17, 15) is 4.79 Å². The Labute approximate surface area is 108 Å². The Morgan fingerprint density at radius 1 is 1.67 bits per heavy atom. The molecule has 1 heterocycles. The molecule has 0 atom stereocenters. The van der Waals surface area contributed by atoms with Gasteiger partial charge in [0.15, 0.2) is 0 Å². The number of nitrogens with zero attached hydrogens (tertiary/aromatic N) is 3. The normalized spacial score (nSPS) is 15.7. The van der Waals surface area contributed by atoms with Crippen LogP contribution in [0.2, 0.25) is 0 Å². The van der Waals surface area contributed by atoms with Crippen molar-refractivity contribution in [3.05, 3.63) is 23.7 Å². The number of carbonyl (C=O) groups excluding carboxylic acids is 1. The average Bonchev–Trinajstić information content (AvgIpc) is 2.37. The summed E-state index contributed by atoms with van der Waals surface area (Å²) < 4.78 is 0. The number of carbonyl (C=O) groups is 1. The minimum Gasteiger partial charge on any atom is -0.354 e. The molecular weight excluding hydrogens is 228 g/mol. The van der Waals surface area contributed by atoms with Crippen LogP contribution < -0.4 is 5.32 Å². The van der Waals surface area contributed by atoms with Crippen LogP contribution in [-0.2, 0) is 4.79 Å². The SMILES string of the molecule is C=C1C(/N=C\C)=C(C)N=CN1CCNC(=O)CC. The Hall–Kier alpha value is -1.91. The van der Waals surface area contributed by atoms with Crippen molar-refractivity contribution in [2.24, 2.45) is 9.98 Å². The summed E-state index contributed by atoms with van der Waals surface area (Å²) in [6.45, 7) is 10.8. The Morgan fingerprint density at radius 2 is 2.39 bits per heavy atom. The molecule has 1 N–H and O–H groups in total. The fraction of sp³-hybridized carbons (Fsp3) is 0.462. The second-order valence-electron chi connectivity index (χ2n) is 3.91. The molecule has 1 rings (SSSR count). The first-order valence-electron chi connectivity index (χ1n) is 6.06. The van der Waals surface area contributed by atoms with Gasteiger partial charge in [-0.3, -0.25) is 9.79 Å². The highest BCUT2D eigenvalue weighted by Crippen LogP contribution is 2.22. The van der Waals surface area contributed by atoms with Crippen LogP contribution in [0.1, 0.15) is 27.2 Å². The molecule has 5 nitrogen and oxygen atoms in total. The first-order valence-corrected chi connectivity index (χ1v) is 6.06. The summed E-state index contributed by atoms with van der Waals surface area (Å²) in [5.74, 6) is 0.0492. The van der Waals surface area contributed by atoms with Crippen LogP contribution in [0.5, 0.6) is 0 Å². The van der Waals surface area contributed by atoms with Gasteiger partial charge in [0.1, 0.15) is 5.70 Å². The van der Waals surface area contributed by atoms with E-state index in [4.69, 9.17) is 0 Å². The summed E-state index contributed by atoms with van der Waals surface area (Å²) in [5.41, 5.74) is 2.46. The van der Waals surface area contributed by atoms with Gasteiger partial charge in [-0.1, -0.05) is 13.5 Å². The van der Waals surface area contributed by atoms with Gasteiger partial charge >= 0.3 is 0 Å². The molecular formula is C13H20N4O. The first kappa shape index (κ1) is 14.2. The van der Waals surface area contributed by atoms with E-state index in [-0.39, 0.29) is 5.91 Å². The van der Waals surface area contributed by atoms with Crippen molar-refractivity contribution in [3.63, 3.8) is 0 Å². The molecule has 0 fully saturated rings. The molecule has 5 heteroatoms. The predicted molar refractivity (Wildman–Crippen MR) is 74.5 cm³/mol. The zero-order chi connectivity index (χ0) is 13.5. The van der Waals surface area contributed by atoms with Crippen LogP contribution in [0.25, 0.3) is 0 Å². The molecule has 1 amide bonds. The number of hydrogen-bond acceptors (Lipinski definition) is 4. The van der Waals surface area contributed by atoms with Gasteiger partial charge in [-0.05, 0) is 13.8 Å². The topological polar surface area (TPSA) is 57.1 Å². The monoisotopic (exact) mass is 248 g/mol. The molecule has 0 aliphatic carbocycles. The van der Waals surface area contributed by atoms with Crippen molar-refractivity contribution in [2.45, 2.75) is 27.2 Å². The Balaban J connectivity index is 2.59. The van der Waals surface area contributed by atoms with E-state index in [1.807, 2.05) is 25.7 Å². The van der Waals surface area contributed by atoms with E-state index in [0.717, 1.165) is 17.1 Å². The Bertz CT molecular complexity index is 421. The lowest BCUT2D eigenvalue weighted by Gasteiger charge is -2.26. The molecule has 0 spiro atoms. The largest absolute Gasteiger partial charge is 0.354 e. The van der Waals surface area contributed by atoms with E-state index < -0.39 is 0 Å². The molecule has 98 valence electrons. The van der Waals surface area contributed by atoms with Gasteiger partial charge in [-0.25, -0.2) is 4.99 Å². The maximum absolute atomic E-state index is 11.1. The lowest BCUT2D eigenvalue weighted by atomic mass is 10.2. The predicted octanol–water partition coefficient (Wildman–Crippen LogP) is 1.69. The third kappa shape index (κ3) is 3.55. The maximum atomic E-state index is 11.1. The third-order valence-electron chi connectivity index (χ3n) is 2.61. The molecule has 0 radical (unpaired) electrons. The Kier molecular flexibility index (Phi) is 5.30. The van der Waals surface area contributed by atoms with E-state index >= 15 is 0 Å². The molecule has 0 bridgehead atoms. The fourth-order valence-electron chi connectivity index (χ4n) is 1.56. The highest BCUT2D eigenvalue weighted by atomic mass is 16.1. The quantitative estimate of drug-likeness (QED) is 0.753. The smallest absolute Gasteiger partial charge is 0.219 e. The second kappa shape index (κ2) is 6.74. The van der Waals surface area contributed by atoms with Gasteiger partial charge < -0.3 is 10.2 Å². The van der Waals surface area contributed by atoms with Crippen molar-refractivity contribution in [1.82, 2.24) is 10.2 Å².